The van der Waals surface area contributed by atoms with E-state index in [0.717, 1.165) is 5.56 Å². The summed E-state index contributed by atoms with van der Waals surface area (Å²) in [6.07, 6.45) is 3.62. The van der Waals surface area contributed by atoms with Gasteiger partial charge in [-0.3, -0.25) is 4.79 Å². The van der Waals surface area contributed by atoms with Crippen molar-refractivity contribution in [3.8, 4) is 0 Å². The van der Waals surface area contributed by atoms with Crippen LogP contribution in [0.25, 0.3) is 6.08 Å². The number of esters is 1. The summed E-state index contributed by atoms with van der Waals surface area (Å²) in [7, 11) is 0. The van der Waals surface area contributed by atoms with Crippen LogP contribution in [0.5, 0.6) is 0 Å². The lowest BCUT2D eigenvalue weighted by molar-refractivity contribution is -0.150. The molecular formula is C15H15NO4S. The molecule has 6 heteroatoms. The van der Waals surface area contributed by atoms with E-state index < -0.39 is 12.1 Å². The Morgan fingerprint density at radius 1 is 1.48 bits per heavy atom. The molecule has 2 heterocycles. The van der Waals surface area contributed by atoms with Crippen molar-refractivity contribution in [1.29, 1.82) is 0 Å². The van der Waals surface area contributed by atoms with Crippen LogP contribution in [-0.4, -0.2) is 18.0 Å². The van der Waals surface area contributed by atoms with Crippen molar-refractivity contribution in [2.24, 2.45) is 0 Å². The minimum absolute atomic E-state index is 0.262. The average Bonchev–Trinajstić information content (AvgIpc) is 3.15. The third-order valence-electron chi connectivity index (χ3n) is 2.63. The molecule has 2 aromatic rings. The monoisotopic (exact) mass is 305 g/mol. The van der Waals surface area contributed by atoms with Gasteiger partial charge in [-0.05, 0) is 47.5 Å². The van der Waals surface area contributed by atoms with Gasteiger partial charge in [-0.2, -0.15) is 11.3 Å². The van der Waals surface area contributed by atoms with Gasteiger partial charge in [0.1, 0.15) is 5.76 Å². The van der Waals surface area contributed by atoms with Crippen LogP contribution < -0.4 is 5.32 Å². The Labute approximate surface area is 126 Å². The lowest BCUT2D eigenvalue weighted by Crippen LogP contribution is -2.35. The topological polar surface area (TPSA) is 68.5 Å². The highest BCUT2D eigenvalue weighted by Gasteiger charge is 2.16. The molecule has 2 aromatic heterocycles. The molecule has 1 atom stereocenters. The molecule has 0 aliphatic carbocycles. The smallest absolute Gasteiger partial charge is 0.331 e. The largest absolute Gasteiger partial charge is 0.467 e. The third kappa shape index (κ3) is 4.92. The molecule has 0 aromatic carbocycles. The summed E-state index contributed by atoms with van der Waals surface area (Å²) < 4.78 is 10.1. The van der Waals surface area contributed by atoms with Crippen molar-refractivity contribution in [2.45, 2.75) is 19.6 Å². The zero-order valence-electron chi connectivity index (χ0n) is 11.4. The fraction of sp³-hybridized carbons (Fsp3) is 0.200. The first-order chi connectivity index (χ1) is 10.1. The first-order valence-electron chi connectivity index (χ1n) is 6.36. The molecule has 2 rings (SSSR count). The summed E-state index contributed by atoms with van der Waals surface area (Å²) in [4.78, 5) is 23.3. The second-order valence-corrected chi connectivity index (χ2v) is 5.05. The van der Waals surface area contributed by atoms with Gasteiger partial charge in [-0.15, -0.1) is 0 Å². The number of hydrogen-bond donors (Lipinski definition) is 1. The molecule has 0 unspecified atom stereocenters. The maximum atomic E-state index is 11.8. The van der Waals surface area contributed by atoms with Gasteiger partial charge < -0.3 is 14.5 Å². The van der Waals surface area contributed by atoms with Gasteiger partial charge in [0.05, 0.1) is 12.8 Å². The van der Waals surface area contributed by atoms with Crippen LogP contribution in [0, 0.1) is 0 Å². The number of hydrogen-bond acceptors (Lipinski definition) is 5. The molecule has 0 radical (unpaired) electrons. The number of rotatable bonds is 6. The van der Waals surface area contributed by atoms with E-state index in [1.165, 1.54) is 30.6 Å². The molecule has 1 amide bonds. The van der Waals surface area contributed by atoms with Crippen LogP contribution in [0.3, 0.4) is 0 Å². The van der Waals surface area contributed by atoms with E-state index in [4.69, 9.17) is 9.15 Å². The van der Waals surface area contributed by atoms with E-state index in [0.29, 0.717) is 5.76 Å². The van der Waals surface area contributed by atoms with E-state index in [2.05, 4.69) is 5.32 Å². The highest BCUT2D eigenvalue weighted by molar-refractivity contribution is 7.08. The molecule has 0 saturated carbocycles. The lowest BCUT2D eigenvalue weighted by Gasteiger charge is -2.11. The van der Waals surface area contributed by atoms with E-state index in [9.17, 15) is 9.59 Å². The molecule has 1 N–H and O–H groups in total. The molecule has 0 bridgehead atoms. The number of amides is 1. The zero-order chi connectivity index (χ0) is 15.1. The van der Waals surface area contributed by atoms with Crippen LogP contribution in [0.1, 0.15) is 18.2 Å². The first kappa shape index (κ1) is 15.1. The van der Waals surface area contributed by atoms with Crippen molar-refractivity contribution in [2.75, 3.05) is 0 Å². The van der Waals surface area contributed by atoms with Crippen LogP contribution in [0.15, 0.2) is 45.7 Å². The van der Waals surface area contributed by atoms with Gasteiger partial charge in [0, 0.05) is 6.08 Å². The van der Waals surface area contributed by atoms with Crippen LogP contribution in [0.2, 0.25) is 0 Å². The Kier molecular flexibility index (Phi) is 5.34. The highest BCUT2D eigenvalue weighted by Crippen LogP contribution is 2.08. The molecule has 0 spiro atoms. The van der Waals surface area contributed by atoms with Gasteiger partial charge in [-0.25, -0.2) is 4.79 Å². The van der Waals surface area contributed by atoms with Gasteiger partial charge >= 0.3 is 5.97 Å². The molecule has 21 heavy (non-hydrogen) atoms. The second-order valence-electron chi connectivity index (χ2n) is 4.27. The second kappa shape index (κ2) is 7.44. The standard InChI is InChI=1S/C15H15NO4S/c1-11(15(18)16-9-13-3-2-7-19-13)20-14(17)5-4-12-6-8-21-10-12/h2-8,10-11H,9H2,1H3,(H,16,18)/b5-4+/t11-/m0/s1. The van der Waals surface area contributed by atoms with Crippen molar-refractivity contribution in [1.82, 2.24) is 5.32 Å². The van der Waals surface area contributed by atoms with E-state index in [1.54, 1.807) is 18.2 Å². The molecular weight excluding hydrogens is 290 g/mol. The first-order valence-corrected chi connectivity index (χ1v) is 7.30. The summed E-state index contributed by atoms with van der Waals surface area (Å²) in [5.41, 5.74) is 0.923. The van der Waals surface area contributed by atoms with Crippen LogP contribution in [0.4, 0.5) is 0 Å². The molecule has 0 fully saturated rings. The molecule has 5 nitrogen and oxygen atoms in total. The van der Waals surface area contributed by atoms with E-state index >= 15 is 0 Å². The Morgan fingerprint density at radius 3 is 3.00 bits per heavy atom. The summed E-state index contributed by atoms with van der Waals surface area (Å²) in [6.45, 7) is 1.78. The third-order valence-corrected chi connectivity index (χ3v) is 3.34. The predicted octanol–water partition coefficient (Wildman–Crippen LogP) is 2.60. The Bertz CT molecular complexity index is 602. The maximum Gasteiger partial charge on any atom is 0.331 e. The van der Waals surface area contributed by atoms with Gasteiger partial charge in [0.25, 0.3) is 5.91 Å². The van der Waals surface area contributed by atoms with Crippen molar-refractivity contribution >= 4 is 29.3 Å². The maximum absolute atomic E-state index is 11.8. The quantitative estimate of drug-likeness (QED) is 0.658. The number of thiophene rings is 1. The highest BCUT2D eigenvalue weighted by atomic mass is 32.1. The van der Waals surface area contributed by atoms with Crippen LogP contribution in [-0.2, 0) is 20.9 Å². The number of furan rings is 1. The molecule has 0 saturated heterocycles. The number of carbonyl (C=O) groups excluding carboxylic acids is 2. The fourth-order valence-corrected chi connectivity index (χ4v) is 2.16. The van der Waals surface area contributed by atoms with Gasteiger partial charge in [0.2, 0.25) is 0 Å². The van der Waals surface area contributed by atoms with Crippen molar-refractivity contribution in [3.05, 3.63) is 52.6 Å². The zero-order valence-corrected chi connectivity index (χ0v) is 12.3. The number of ether oxygens (including phenoxy) is 1. The molecule has 0 aliphatic rings. The summed E-state index contributed by atoms with van der Waals surface area (Å²) >= 11 is 1.54. The van der Waals surface area contributed by atoms with Crippen molar-refractivity contribution in [3.63, 3.8) is 0 Å². The number of carbonyl (C=O) groups is 2. The summed E-state index contributed by atoms with van der Waals surface area (Å²) in [5, 5.41) is 6.45. The lowest BCUT2D eigenvalue weighted by atomic mass is 10.3. The summed E-state index contributed by atoms with van der Waals surface area (Å²) in [6, 6.07) is 5.37. The van der Waals surface area contributed by atoms with E-state index in [1.807, 2.05) is 16.8 Å². The minimum Gasteiger partial charge on any atom is -0.467 e. The number of nitrogens with one attached hydrogen (secondary N) is 1. The normalized spacial score (nSPS) is 12.2. The summed E-state index contributed by atoms with van der Waals surface area (Å²) in [5.74, 6) is -0.287. The molecule has 110 valence electrons. The fourth-order valence-electron chi connectivity index (χ4n) is 1.53. The Morgan fingerprint density at radius 2 is 2.33 bits per heavy atom. The van der Waals surface area contributed by atoms with Gasteiger partial charge in [0.15, 0.2) is 6.10 Å². The SMILES string of the molecule is C[C@H](OC(=O)/C=C/c1ccsc1)C(=O)NCc1ccco1. The minimum atomic E-state index is -0.861. The van der Waals surface area contributed by atoms with Gasteiger partial charge in [-0.1, -0.05) is 0 Å². The van der Waals surface area contributed by atoms with Crippen molar-refractivity contribution < 1.29 is 18.7 Å². The Balaban J connectivity index is 1.76. The van der Waals surface area contributed by atoms with Crippen LogP contribution >= 0.6 is 11.3 Å². The Hall–Kier alpha value is -2.34. The predicted molar refractivity (Wildman–Crippen MR) is 79.5 cm³/mol. The van der Waals surface area contributed by atoms with E-state index in [-0.39, 0.29) is 12.5 Å². The molecule has 0 aliphatic heterocycles. The average molecular weight is 305 g/mol.